The van der Waals surface area contributed by atoms with Gasteiger partial charge in [-0.1, -0.05) is 0 Å². The molecule has 0 spiro atoms. The van der Waals surface area contributed by atoms with Gasteiger partial charge in [0.1, 0.15) is 28.5 Å². The quantitative estimate of drug-likeness (QED) is 0.393. The summed E-state index contributed by atoms with van der Waals surface area (Å²) < 4.78 is 40.4. The molecule has 2 aromatic carbocycles. The van der Waals surface area contributed by atoms with Crippen molar-refractivity contribution in [2.75, 3.05) is 0 Å². The van der Waals surface area contributed by atoms with Crippen LogP contribution in [0, 0.1) is 11.6 Å². The average molecular weight is 412 g/mol. The molecular weight excluding hydrogens is 386 g/mol. The molecule has 6 heteroatoms. The fraction of sp³-hybridized carbons (Fsp3) is 0.333. The van der Waals surface area contributed by atoms with Gasteiger partial charge in [-0.2, -0.15) is 0 Å². The summed E-state index contributed by atoms with van der Waals surface area (Å²) in [5.41, 5.74) is 1.00. The maximum absolute atomic E-state index is 14.6. The van der Waals surface area contributed by atoms with Crippen molar-refractivity contribution in [1.29, 1.82) is 0 Å². The van der Waals surface area contributed by atoms with E-state index >= 15 is 0 Å². The van der Waals surface area contributed by atoms with Crippen molar-refractivity contribution in [1.82, 2.24) is 9.97 Å². The number of aromatic nitrogens is 2. The first-order valence-electron chi connectivity index (χ1n) is 9.95. The van der Waals surface area contributed by atoms with Crippen molar-refractivity contribution in [3.05, 3.63) is 59.9 Å². The van der Waals surface area contributed by atoms with Crippen LogP contribution in [0.5, 0.6) is 11.5 Å². The van der Waals surface area contributed by atoms with Gasteiger partial charge in [0.25, 0.3) is 0 Å². The normalized spacial score (nSPS) is 12.6. The Morgan fingerprint density at radius 3 is 2.37 bits per heavy atom. The third-order valence-corrected chi connectivity index (χ3v) is 4.75. The molecule has 0 radical (unpaired) electrons. The Morgan fingerprint density at radius 2 is 1.63 bits per heavy atom. The molecule has 30 heavy (non-hydrogen) atoms. The maximum atomic E-state index is 14.6. The summed E-state index contributed by atoms with van der Waals surface area (Å²) in [6.45, 7) is 9.66. The Hall–Kier alpha value is -3.02. The molecule has 0 saturated carbocycles. The van der Waals surface area contributed by atoms with Gasteiger partial charge < -0.3 is 19.4 Å². The SMILES string of the molecule is CC(C)(C)Oc1cc(F)c2[nH]c(CC(C)(C)Oc3ccc4[nH]cc(F)c4c3)cc2c1. The standard InChI is InChI=1S/C24H26F2N2O2/c1-23(2,3)29-17-9-14-8-15(28-22(14)19(25)11-17)12-24(4,5)30-16-6-7-21-18(10-16)20(26)13-27-21/h6-11,13,27-28H,12H2,1-5H3. The van der Waals surface area contributed by atoms with Gasteiger partial charge in [0.05, 0.1) is 5.52 Å². The first-order chi connectivity index (χ1) is 14.0. The molecule has 4 aromatic rings. The number of nitrogens with one attached hydrogen (secondary N) is 2. The van der Waals surface area contributed by atoms with E-state index in [9.17, 15) is 8.78 Å². The van der Waals surface area contributed by atoms with Gasteiger partial charge in [-0.05, 0) is 65.0 Å². The smallest absolute Gasteiger partial charge is 0.150 e. The van der Waals surface area contributed by atoms with Gasteiger partial charge in [0.2, 0.25) is 0 Å². The maximum Gasteiger partial charge on any atom is 0.150 e. The summed E-state index contributed by atoms with van der Waals surface area (Å²) in [6, 6.07) is 10.4. The van der Waals surface area contributed by atoms with E-state index in [1.165, 1.54) is 12.3 Å². The van der Waals surface area contributed by atoms with Gasteiger partial charge in [-0.3, -0.25) is 0 Å². The molecule has 0 saturated heterocycles. The number of halogens is 2. The predicted molar refractivity (Wildman–Crippen MR) is 115 cm³/mol. The molecule has 4 nitrogen and oxygen atoms in total. The van der Waals surface area contributed by atoms with Crippen LogP contribution in [0.1, 0.15) is 40.3 Å². The molecule has 0 atom stereocenters. The fourth-order valence-electron chi connectivity index (χ4n) is 3.68. The molecule has 0 fully saturated rings. The zero-order chi connectivity index (χ0) is 21.7. The van der Waals surface area contributed by atoms with Crippen LogP contribution in [-0.4, -0.2) is 21.2 Å². The van der Waals surface area contributed by atoms with Crippen molar-refractivity contribution in [2.45, 2.75) is 52.2 Å². The molecule has 2 aromatic heterocycles. The molecule has 0 amide bonds. The van der Waals surface area contributed by atoms with E-state index in [2.05, 4.69) is 9.97 Å². The van der Waals surface area contributed by atoms with Crippen molar-refractivity contribution in [3.63, 3.8) is 0 Å². The van der Waals surface area contributed by atoms with Crippen LogP contribution in [0.25, 0.3) is 21.8 Å². The monoisotopic (exact) mass is 412 g/mol. The molecule has 0 aliphatic heterocycles. The predicted octanol–water partition coefficient (Wildman–Crippen LogP) is 6.50. The Morgan fingerprint density at radius 1 is 0.867 bits per heavy atom. The number of fused-ring (bicyclic) bond motifs is 2. The van der Waals surface area contributed by atoms with Crippen LogP contribution >= 0.6 is 0 Å². The summed E-state index contributed by atoms with van der Waals surface area (Å²) in [7, 11) is 0. The second kappa shape index (κ2) is 7.04. The van der Waals surface area contributed by atoms with Gasteiger partial charge in [-0.15, -0.1) is 0 Å². The molecule has 4 rings (SSSR count). The highest BCUT2D eigenvalue weighted by molar-refractivity contribution is 5.83. The number of benzene rings is 2. The number of hydrogen-bond acceptors (Lipinski definition) is 2. The van der Waals surface area contributed by atoms with Gasteiger partial charge in [0, 0.05) is 40.7 Å². The lowest BCUT2D eigenvalue weighted by atomic mass is 10.0. The zero-order valence-electron chi connectivity index (χ0n) is 17.8. The second-order valence-electron chi connectivity index (χ2n) is 9.26. The van der Waals surface area contributed by atoms with Crippen LogP contribution in [-0.2, 0) is 6.42 Å². The van der Waals surface area contributed by atoms with Gasteiger partial charge >= 0.3 is 0 Å². The number of rotatable bonds is 5. The first kappa shape index (κ1) is 20.3. The third kappa shape index (κ3) is 4.27. The lowest BCUT2D eigenvalue weighted by molar-refractivity contribution is 0.109. The molecule has 2 heterocycles. The van der Waals surface area contributed by atoms with Crippen LogP contribution in [0.4, 0.5) is 8.78 Å². The lowest BCUT2D eigenvalue weighted by Crippen LogP contribution is -2.31. The molecule has 0 bridgehead atoms. The van der Waals surface area contributed by atoms with Crippen LogP contribution in [0.2, 0.25) is 0 Å². The number of aromatic amines is 2. The lowest BCUT2D eigenvalue weighted by Gasteiger charge is -2.26. The summed E-state index contributed by atoms with van der Waals surface area (Å²) in [6.07, 6.45) is 1.85. The minimum atomic E-state index is -0.595. The van der Waals surface area contributed by atoms with E-state index in [-0.39, 0.29) is 11.6 Å². The summed E-state index contributed by atoms with van der Waals surface area (Å²) in [5, 5.41) is 1.23. The number of H-pyrrole nitrogens is 2. The third-order valence-electron chi connectivity index (χ3n) is 4.75. The van der Waals surface area contributed by atoms with E-state index in [1.807, 2.05) is 46.8 Å². The molecule has 0 aliphatic carbocycles. The van der Waals surface area contributed by atoms with Gasteiger partial charge in [0.15, 0.2) is 5.82 Å². The Balaban J connectivity index is 1.57. The number of hydrogen-bond donors (Lipinski definition) is 2. The first-order valence-corrected chi connectivity index (χ1v) is 9.95. The highest BCUT2D eigenvalue weighted by atomic mass is 19.1. The summed E-state index contributed by atoms with van der Waals surface area (Å²) >= 11 is 0. The minimum Gasteiger partial charge on any atom is -0.488 e. The van der Waals surface area contributed by atoms with E-state index in [0.717, 1.165) is 16.6 Å². The Labute approximate surface area is 174 Å². The molecule has 2 N–H and O–H groups in total. The number of ether oxygens (including phenoxy) is 2. The van der Waals surface area contributed by atoms with Crippen molar-refractivity contribution in [2.24, 2.45) is 0 Å². The second-order valence-corrected chi connectivity index (χ2v) is 9.26. The largest absolute Gasteiger partial charge is 0.488 e. The van der Waals surface area contributed by atoms with E-state index < -0.39 is 11.2 Å². The van der Waals surface area contributed by atoms with Crippen LogP contribution in [0.3, 0.4) is 0 Å². The topological polar surface area (TPSA) is 50.0 Å². The highest BCUT2D eigenvalue weighted by Crippen LogP contribution is 2.30. The Bertz CT molecular complexity index is 1220. The average Bonchev–Trinajstić information content (AvgIpc) is 3.16. The summed E-state index contributed by atoms with van der Waals surface area (Å²) in [5.74, 6) is 0.405. The minimum absolute atomic E-state index is 0.312. The van der Waals surface area contributed by atoms with Gasteiger partial charge in [-0.25, -0.2) is 8.78 Å². The van der Waals surface area contributed by atoms with Crippen molar-refractivity contribution < 1.29 is 18.3 Å². The van der Waals surface area contributed by atoms with E-state index in [1.54, 1.807) is 18.2 Å². The van der Waals surface area contributed by atoms with Crippen molar-refractivity contribution in [3.8, 4) is 11.5 Å². The van der Waals surface area contributed by atoms with Crippen LogP contribution in [0.15, 0.2) is 42.6 Å². The fourth-order valence-corrected chi connectivity index (χ4v) is 3.68. The zero-order valence-corrected chi connectivity index (χ0v) is 17.8. The van der Waals surface area contributed by atoms with Crippen LogP contribution < -0.4 is 9.47 Å². The Kier molecular flexibility index (Phi) is 4.76. The molecular formula is C24H26F2N2O2. The van der Waals surface area contributed by atoms with E-state index in [4.69, 9.17) is 9.47 Å². The summed E-state index contributed by atoms with van der Waals surface area (Å²) in [4.78, 5) is 6.03. The van der Waals surface area contributed by atoms with Crippen molar-refractivity contribution >= 4 is 21.8 Å². The van der Waals surface area contributed by atoms with E-state index in [0.29, 0.717) is 28.8 Å². The molecule has 158 valence electrons. The molecule has 0 unspecified atom stereocenters. The highest BCUT2D eigenvalue weighted by Gasteiger charge is 2.23. The molecule has 0 aliphatic rings.